The molecule has 2 saturated heterocycles. The zero-order chi connectivity index (χ0) is 11.2. The standard InChI is InChI=1S/C12H22N2O2.ClH/c15-12(8-10-3-6-16-7-4-10)14-11-2-1-5-13-9-11;/h10-11,13H,1-9H2,(H,14,15);1H. The summed E-state index contributed by atoms with van der Waals surface area (Å²) in [6, 6.07) is 0.348. The first kappa shape index (κ1) is 14.7. The van der Waals surface area contributed by atoms with E-state index in [1.807, 2.05) is 0 Å². The molecule has 0 spiro atoms. The smallest absolute Gasteiger partial charge is 0.220 e. The molecule has 0 radical (unpaired) electrons. The summed E-state index contributed by atoms with van der Waals surface area (Å²) < 4.78 is 5.29. The highest BCUT2D eigenvalue weighted by atomic mass is 35.5. The second-order valence-electron chi connectivity index (χ2n) is 4.87. The van der Waals surface area contributed by atoms with E-state index in [-0.39, 0.29) is 18.3 Å². The van der Waals surface area contributed by atoms with Crippen molar-refractivity contribution in [1.29, 1.82) is 0 Å². The molecular weight excluding hydrogens is 240 g/mol. The third-order valence-corrected chi connectivity index (χ3v) is 3.48. The molecule has 2 aliphatic rings. The molecule has 0 aliphatic carbocycles. The average molecular weight is 263 g/mol. The van der Waals surface area contributed by atoms with Gasteiger partial charge in [0.15, 0.2) is 0 Å². The van der Waals surface area contributed by atoms with Gasteiger partial charge in [0, 0.05) is 32.2 Å². The van der Waals surface area contributed by atoms with Crippen molar-refractivity contribution in [2.24, 2.45) is 5.92 Å². The van der Waals surface area contributed by atoms with Gasteiger partial charge in [-0.15, -0.1) is 12.4 Å². The van der Waals surface area contributed by atoms with Crippen LogP contribution in [0, 0.1) is 5.92 Å². The van der Waals surface area contributed by atoms with Gasteiger partial charge in [0.05, 0.1) is 0 Å². The molecule has 0 aromatic heterocycles. The molecule has 4 nitrogen and oxygen atoms in total. The Hall–Kier alpha value is -0.320. The van der Waals surface area contributed by atoms with E-state index < -0.39 is 0 Å². The molecule has 100 valence electrons. The lowest BCUT2D eigenvalue weighted by Gasteiger charge is -2.26. The van der Waals surface area contributed by atoms with Crippen molar-refractivity contribution < 1.29 is 9.53 Å². The summed E-state index contributed by atoms with van der Waals surface area (Å²) in [5, 5.41) is 6.43. The fraction of sp³-hybridized carbons (Fsp3) is 0.917. The van der Waals surface area contributed by atoms with E-state index in [1.54, 1.807) is 0 Å². The fourth-order valence-electron chi connectivity index (χ4n) is 2.47. The first-order valence-corrected chi connectivity index (χ1v) is 6.42. The Morgan fingerprint density at radius 1 is 1.29 bits per heavy atom. The van der Waals surface area contributed by atoms with Gasteiger partial charge >= 0.3 is 0 Å². The number of ether oxygens (including phenoxy) is 1. The van der Waals surface area contributed by atoms with Gasteiger partial charge in [0.2, 0.25) is 5.91 Å². The van der Waals surface area contributed by atoms with Crippen LogP contribution in [0.25, 0.3) is 0 Å². The molecule has 1 atom stereocenters. The Kier molecular flexibility index (Phi) is 6.85. The number of piperidine rings is 1. The summed E-state index contributed by atoms with van der Waals surface area (Å²) in [5.41, 5.74) is 0. The molecule has 2 fully saturated rings. The van der Waals surface area contributed by atoms with Gasteiger partial charge in [-0.1, -0.05) is 0 Å². The van der Waals surface area contributed by atoms with E-state index in [2.05, 4.69) is 10.6 Å². The number of hydrogen-bond donors (Lipinski definition) is 2. The number of amides is 1. The van der Waals surface area contributed by atoms with Gasteiger partial charge in [0.25, 0.3) is 0 Å². The molecule has 1 unspecified atom stereocenters. The van der Waals surface area contributed by atoms with Crippen LogP contribution in [0.4, 0.5) is 0 Å². The molecule has 2 rings (SSSR count). The van der Waals surface area contributed by atoms with E-state index in [1.165, 1.54) is 6.42 Å². The van der Waals surface area contributed by atoms with Crippen LogP contribution in [-0.4, -0.2) is 38.3 Å². The number of carbonyl (C=O) groups is 1. The highest BCUT2D eigenvalue weighted by molar-refractivity contribution is 5.85. The molecule has 0 aromatic rings. The highest BCUT2D eigenvalue weighted by Crippen LogP contribution is 2.18. The zero-order valence-electron chi connectivity index (χ0n) is 10.2. The van der Waals surface area contributed by atoms with Crippen LogP contribution in [0.3, 0.4) is 0 Å². The van der Waals surface area contributed by atoms with Crippen molar-refractivity contribution >= 4 is 18.3 Å². The number of halogens is 1. The van der Waals surface area contributed by atoms with Crippen LogP contribution in [-0.2, 0) is 9.53 Å². The number of hydrogen-bond acceptors (Lipinski definition) is 3. The number of carbonyl (C=O) groups excluding carboxylic acids is 1. The quantitative estimate of drug-likeness (QED) is 0.801. The lowest BCUT2D eigenvalue weighted by atomic mass is 9.96. The molecule has 2 aliphatic heterocycles. The van der Waals surface area contributed by atoms with Crippen LogP contribution < -0.4 is 10.6 Å². The minimum atomic E-state index is 0. The predicted molar refractivity (Wildman–Crippen MR) is 69.4 cm³/mol. The number of nitrogens with one attached hydrogen (secondary N) is 2. The SMILES string of the molecule is Cl.O=C(CC1CCOCC1)NC1CCCNC1. The topological polar surface area (TPSA) is 50.4 Å². The minimum Gasteiger partial charge on any atom is -0.381 e. The predicted octanol–water partition coefficient (Wildman–Crippen LogP) is 1.09. The molecular formula is C12H23ClN2O2. The van der Waals surface area contributed by atoms with Gasteiger partial charge in [-0.2, -0.15) is 0 Å². The minimum absolute atomic E-state index is 0. The fourth-order valence-corrected chi connectivity index (χ4v) is 2.47. The molecule has 0 aromatic carbocycles. The van der Waals surface area contributed by atoms with Crippen molar-refractivity contribution in [3.8, 4) is 0 Å². The second-order valence-corrected chi connectivity index (χ2v) is 4.87. The van der Waals surface area contributed by atoms with Crippen molar-refractivity contribution in [3.05, 3.63) is 0 Å². The number of rotatable bonds is 3. The first-order valence-electron chi connectivity index (χ1n) is 6.42. The molecule has 0 bridgehead atoms. The largest absolute Gasteiger partial charge is 0.381 e. The molecule has 1 amide bonds. The monoisotopic (exact) mass is 262 g/mol. The Bertz CT molecular complexity index is 205. The summed E-state index contributed by atoms with van der Waals surface area (Å²) in [7, 11) is 0. The summed E-state index contributed by atoms with van der Waals surface area (Å²) in [6.45, 7) is 3.66. The Labute approximate surface area is 109 Å². The van der Waals surface area contributed by atoms with Gasteiger partial charge in [-0.25, -0.2) is 0 Å². The van der Waals surface area contributed by atoms with Crippen LogP contribution in [0.15, 0.2) is 0 Å². The normalized spacial score (nSPS) is 26.0. The van der Waals surface area contributed by atoms with E-state index in [0.717, 1.165) is 45.6 Å². The Morgan fingerprint density at radius 2 is 2.06 bits per heavy atom. The molecule has 2 heterocycles. The van der Waals surface area contributed by atoms with Crippen molar-refractivity contribution in [3.63, 3.8) is 0 Å². The molecule has 0 saturated carbocycles. The third-order valence-electron chi connectivity index (χ3n) is 3.48. The molecule has 5 heteroatoms. The zero-order valence-corrected chi connectivity index (χ0v) is 11.1. The van der Waals surface area contributed by atoms with E-state index in [0.29, 0.717) is 18.4 Å². The van der Waals surface area contributed by atoms with Gasteiger partial charge in [-0.3, -0.25) is 4.79 Å². The molecule has 17 heavy (non-hydrogen) atoms. The van der Waals surface area contributed by atoms with Crippen LogP contribution in [0.5, 0.6) is 0 Å². The molecule has 2 N–H and O–H groups in total. The highest BCUT2D eigenvalue weighted by Gasteiger charge is 2.20. The lowest BCUT2D eigenvalue weighted by Crippen LogP contribution is -2.46. The summed E-state index contributed by atoms with van der Waals surface area (Å²) in [5.74, 6) is 0.755. The van der Waals surface area contributed by atoms with E-state index in [9.17, 15) is 4.79 Å². The van der Waals surface area contributed by atoms with Crippen LogP contribution >= 0.6 is 12.4 Å². The van der Waals surface area contributed by atoms with E-state index >= 15 is 0 Å². The maximum atomic E-state index is 11.8. The summed E-state index contributed by atoms with van der Waals surface area (Å²) in [4.78, 5) is 11.8. The van der Waals surface area contributed by atoms with Gasteiger partial charge in [-0.05, 0) is 38.1 Å². The van der Waals surface area contributed by atoms with Crippen molar-refractivity contribution in [1.82, 2.24) is 10.6 Å². The van der Waals surface area contributed by atoms with Gasteiger partial charge in [0.1, 0.15) is 0 Å². The average Bonchev–Trinajstić information content (AvgIpc) is 2.31. The van der Waals surface area contributed by atoms with Gasteiger partial charge < -0.3 is 15.4 Å². The van der Waals surface area contributed by atoms with E-state index in [4.69, 9.17) is 4.74 Å². The van der Waals surface area contributed by atoms with Crippen molar-refractivity contribution in [2.45, 2.75) is 38.1 Å². The maximum Gasteiger partial charge on any atom is 0.220 e. The van der Waals surface area contributed by atoms with Crippen molar-refractivity contribution in [2.75, 3.05) is 26.3 Å². The van der Waals surface area contributed by atoms with Crippen LogP contribution in [0.2, 0.25) is 0 Å². The Balaban J connectivity index is 0.00000144. The summed E-state index contributed by atoms with van der Waals surface area (Å²) >= 11 is 0. The lowest BCUT2D eigenvalue weighted by molar-refractivity contribution is -0.123. The van der Waals surface area contributed by atoms with Crippen LogP contribution in [0.1, 0.15) is 32.1 Å². The third kappa shape index (κ3) is 5.23. The first-order chi connectivity index (χ1) is 7.84. The maximum absolute atomic E-state index is 11.8. The Morgan fingerprint density at radius 3 is 2.71 bits per heavy atom. The second kappa shape index (κ2) is 7.90. The summed E-state index contributed by atoms with van der Waals surface area (Å²) in [6.07, 6.45) is 5.04.